The number of aromatic nitrogens is 4. The van der Waals surface area contributed by atoms with Gasteiger partial charge in [-0.1, -0.05) is 30.3 Å². The second-order valence-electron chi connectivity index (χ2n) is 10.0. The maximum atomic E-state index is 6.44. The second-order valence-corrected chi connectivity index (χ2v) is 11.7. The summed E-state index contributed by atoms with van der Waals surface area (Å²) in [6, 6.07) is 33.3. The van der Waals surface area contributed by atoms with Crippen molar-refractivity contribution in [2.75, 3.05) is 12.5 Å². The van der Waals surface area contributed by atoms with E-state index in [-0.39, 0.29) is 0 Å². The molecule has 3 heterocycles. The van der Waals surface area contributed by atoms with E-state index < -0.39 is 0 Å². The van der Waals surface area contributed by atoms with Crippen LogP contribution in [0, 0.1) is 6.92 Å². The molecule has 0 bridgehead atoms. The average molecular weight is 585 g/mol. The third kappa shape index (κ3) is 4.74. The van der Waals surface area contributed by atoms with Crippen LogP contribution in [0.3, 0.4) is 0 Å². The summed E-state index contributed by atoms with van der Waals surface area (Å²) in [5.41, 5.74) is 6.59. The fraction of sp³-hybridized carbons (Fsp3) is 0.0857. The molecule has 4 aromatic carbocycles. The quantitative estimate of drug-likeness (QED) is 0.175. The van der Waals surface area contributed by atoms with Gasteiger partial charge in [-0.15, -0.1) is 23.5 Å². The Morgan fingerprint density at radius 1 is 0.714 bits per heavy atom. The Balaban J connectivity index is 1.25. The molecule has 7 heteroatoms. The van der Waals surface area contributed by atoms with Crippen LogP contribution in [0.1, 0.15) is 5.56 Å². The number of hydrogen-bond donors (Lipinski definition) is 0. The Morgan fingerprint density at radius 3 is 2.29 bits per heavy atom. The molecule has 0 spiro atoms. The van der Waals surface area contributed by atoms with Gasteiger partial charge in [0.2, 0.25) is 0 Å². The molecule has 0 N–H and O–H groups in total. The van der Waals surface area contributed by atoms with Crippen molar-refractivity contribution in [3.63, 3.8) is 0 Å². The predicted octanol–water partition coefficient (Wildman–Crippen LogP) is 9.58. The normalized spacial score (nSPS) is 11.4. The number of thioether (sulfide) groups is 2. The number of nitrogens with zero attached hydrogens (tertiary/aromatic N) is 4. The minimum absolute atomic E-state index is 0.745. The molecule has 7 rings (SSSR count). The molecule has 42 heavy (non-hydrogen) atoms. The molecule has 206 valence electrons. The highest BCUT2D eigenvalue weighted by molar-refractivity contribution is 7.99. The van der Waals surface area contributed by atoms with Crippen molar-refractivity contribution in [1.82, 2.24) is 19.3 Å². The molecule has 0 unspecified atom stereocenters. The standard InChI is InChI=1S/C35H28N4OS2/c1-23-16-17-36-34(18-23)39-30-11-5-4-10-28(30)29-15-14-27(20-31(29)39)40-26-9-6-8-25(19-26)38-22-24(21-37-38)35-32(41-2)12-7-13-33(35)42-3/h4-22H,1-3H3. The van der Waals surface area contributed by atoms with E-state index in [9.17, 15) is 0 Å². The van der Waals surface area contributed by atoms with Gasteiger partial charge in [-0.2, -0.15) is 5.10 Å². The van der Waals surface area contributed by atoms with Crippen molar-refractivity contribution in [2.45, 2.75) is 16.7 Å². The Bertz CT molecular complexity index is 2060. The molecule has 0 saturated heterocycles. The van der Waals surface area contributed by atoms with E-state index in [2.05, 4.69) is 90.9 Å². The summed E-state index contributed by atoms with van der Waals surface area (Å²) in [5, 5.41) is 7.06. The first-order valence-corrected chi connectivity index (χ1v) is 16.1. The zero-order valence-corrected chi connectivity index (χ0v) is 25.1. The number of pyridine rings is 1. The number of para-hydroxylation sites is 1. The number of benzene rings is 4. The second kappa shape index (κ2) is 11.1. The number of fused-ring (bicyclic) bond motifs is 3. The van der Waals surface area contributed by atoms with Crippen molar-refractivity contribution in [2.24, 2.45) is 0 Å². The molecular formula is C35H28N4OS2. The summed E-state index contributed by atoms with van der Waals surface area (Å²) in [4.78, 5) is 7.18. The van der Waals surface area contributed by atoms with Crippen LogP contribution in [-0.4, -0.2) is 31.8 Å². The van der Waals surface area contributed by atoms with Gasteiger partial charge in [0.05, 0.1) is 22.9 Å². The Hall–Kier alpha value is -4.46. The summed E-state index contributed by atoms with van der Waals surface area (Å²) >= 11 is 3.51. The van der Waals surface area contributed by atoms with E-state index in [0.29, 0.717) is 0 Å². The first kappa shape index (κ1) is 26.4. The largest absolute Gasteiger partial charge is 0.457 e. The highest BCUT2D eigenvalue weighted by atomic mass is 32.2. The molecule has 0 aliphatic carbocycles. The molecule has 0 radical (unpaired) electrons. The van der Waals surface area contributed by atoms with E-state index in [1.54, 1.807) is 23.5 Å². The molecule has 5 nitrogen and oxygen atoms in total. The lowest BCUT2D eigenvalue weighted by molar-refractivity contribution is 0.483. The smallest absolute Gasteiger partial charge is 0.137 e. The number of ether oxygens (including phenoxy) is 1. The lowest BCUT2D eigenvalue weighted by Crippen LogP contribution is -1.97. The molecule has 0 aliphatic rings. The van der Waals surface area contributed by atoms with E-state index >= 15 is 0 Å². The topological polar surface area (TPSA) is 44.9 Å². The highest BCUT2D eigenvalue weighted by Gasteiger charge is 2.15. The molecule has 0 saturated carbocycles. The maximum Gasteiger partial charge on any atom is 0.137 e. The maximum absolute atomic E-state index is 6.44. The lowest BCUT2D eigenvalue weighted by Gasteiger charge is -2.11. The van der Waals surface area contributed by atoms with Crippen molar-refractivity contribution < 1.29 is 4.74 Å². The summed E-state index contributed by atoms with van der Waals surface area (Å²) in [5.74, 6) is 2.40. The van der Waals surface area contributed by atoms with Gasteiger partial charge in [-0.05, 0) is 79.6 Å². The van der Waals surface area contributed by atoms with Gasteiger partial charge < -0.3 is 4.74 Å². The van der Waals surface area contributed by atoms with Crippen LogP contribution in [0.15, 0.2) is 125 Å². The monoisotopic (exact) mass is 584 g/mol. The van der Waals surface area contributed by atoms with Crippen LogP contribution >= 0.6 is 23.5 Å². The van der Waals surface area contributed by atoms with E-state index in [1.807, 2.05) is 53.5 Å². The zero-order valence-electron chi connectivity index (χ0n) is 23.5. The van der Waals surface area contributed by atoms with Gasteiger partial charge >= 0.3 is 0 Å². The van der Waals surface area contributed by atoms with Crippen molar-refractivity contribution in [1.29, 1.82) is 0 Å². The van der Waals surface area contributed by atoms with Gasteiger partial charge in [0.25, 0.3) is 0 Å². The van der Waals surface area contributed by atoms with Crippen molar-refractivity contribution >= 4 is 45.3 Å². The SMILES string of the molecule is CSc1cccc(SC)c1-c1cnn(-c2cccc(Oc3ccc4c5ccccc5n(-c5cc(C)ccn5)c4c3)c2)c1. The Kier molecular flexibility index (Phi) is 6.98. The highest BCUT2D eigenvalue weighted by Crippen LogP contribution is 2.38. The van der Waals surface area contributed by atoms with Crippen LogP contribution in [0.5, 0.6) is 11.5 Å². The molecule has 0 fully saturated rings. The van der Waals surface area contributed by atoms with Gasteiger partial charge in [0, 0.05) is 56.2 Å². The van der Waals surface area contributed by atoms with E-state index in [4.69, 9.17) is 14.8 Å². The van der Waals surface area contributed by atoms with Crippen molar-refractivity contribution in [3.8, 4) is 34.1 Å². The molecular weight excluding hydrogens is 557 g/mol. The van der Waals surface area contributed by atoms with Gasteiger partial charge in [-0.3, -0.25) is 4.57 Å². The van der Waals surface area contributed by atoms with Crippen LogP contribution in [0.4, 0.5) is 0 Å². The first-order chi connectivity index (χ1) is 20.6. The minimum atomic E-state index is 0.745. The summed E-state index contributed by atoms with van der Waals surface area (Å²) in [6.45, 7) is 2.09. The molecule has 0 atom stereocenters. The molecule has 0 amide bonds. The minimum Gasteiger partial charge on any atom is -0.457 e. The van der Waals surface area contributed by atoms with Gasteiger partial charge in [-0.25, -0.2) is 9.67 Å². The lowest BCUT2D eigenvalue weighted by atomic mass is 10.1. The van der Waals surface area contributed by atoms with Gasteiger partial charge in [0.1, 0.15) is 17.3 Å². The number of aryl methyl sites for hydroxylation is 1. The first-order valence-electron chi connectivity index (χ1n) is 13.6. The molecule has 0 aliphatic heterocycles. The van der Waals surface area contributed by atoms with Gasteiger partial charge in [0.15, 0.2) is 0 Å². The van der Waals surface area contributed by atoms with E-state index in [1.165, 1.54) is 26.3 Å². The van der Waals surface area contributed by atoms with Crippen LogP contribution < -0.4 is 4.74 Å². The number of rotatable bonds is 7. The third-order valence-electron chi connectivity index (χ3n) is 7.39. The number of hydrogen-bond acceptors (Lipinski definition) is 5. The van der Waals surface area contributed by atoms with Crippen LogP contribution in [0.2, 0.25) is 0 Å². The fourth-order valence-electron chi connectivity index (χ4n) is 5.46. The third-order valence-corrected chi connectivity index (χ3v) is 8.95. The fourth-order valence-corrected chi connectivity index (χ4v) is 6.82. The predicted molar refractivity (Wildman–Crippen MR) is 176 cm³/mol. The molecule has 3 aromatic heterocycles. The summed E-state index contributed by atoms with van der Waals surface area (Å²) in [6.07, 6.45) is 10.1. The zero-order chi connectivity index (χ0) is 28.6. The van der Waals surface area contributed by atoms with Crippen molar-refractivity contribution in [3.05, 3.63) is 121 Å². The van der Waals surface area contributed by atoms with Crippen LogP contribution in [0.25, 0.3) is 44.4 Å². The Morgan fingerprint density at radius 2 is 1.48 bits per heavy atom. The van der Waals surface area contributed by atoms with E-state index in [0.717, 1.165) is 45.0 Å². The molecule has 7 aromatic rings. The Labute approximate surface area is 253 Å². The summed E-state index contributed by atoms with van der Waals surface area (Å²) < 4.78 is 10.6. The van der Waals surface area contributed by atoms with Crippen LogP contribution in [-0.2, 0) is 0 Å². The summed E-state index contributed by atoms with van der Waals surface area (Å²) in [7, 11) is 0. The average Bonchev–Trinajstić information content (AvgIpc) is 3.64.